The van der Waals surface area contributed by atoms with Crippen LogP contribution in [0.2, 0.25) is 0 Å². The Balaban J connectivity index is 1.28. The number of fused-ring (bicyclic) bond motifs is 7. The highest BCUT2D eigenvalue weighted by molar-refractivity contribution is 6.14. The summed E-state index contributed by atoms with van der Waals surface area (Å²) < 4.78 is 7.23. The molecule has 0 aliphatic rings. The van der Waals surface area contributed by atoms with E-state index in [0.717, 1.165) is 28.3 Å². The summed E-state index contributed by atoms with van der Waals surface area (Å²) in [5.41, 5.74) is 12.8. The average molecular weight is 626 g/mol. The van der Waals surface area contributed by atoms with Crippen LogP contribution in [0.1, 0.15) is 5.69 Å². The second-order valence-corrected chi connectivity index (χ2v) is 12.6. The lowest BCUT2D eigenvalue weighted by atomic mass is 10.0. The zero-order chi connectivity index (χ0) is 32.5. The van der Waals surface area contributed by atoms with E-state index in [4.69, 9.17) is 0 Å². The van der Waals surface area contributed by atoms with E-state index in [1.165, 1.54) is 60.1 Å². The number of hydrogen-bond donors (Lipinski definition) is 0. The van der Waals surface area contributed by atoms with Crippen molar-refractivity contribution in [3.8, 4) is 28.2 Å². The summed E-state index contributed by atoms with van der Waals surface area (Å²) in [6, 6.07) is 61.4. The first-order chi connectivity index (χ1) is 24.3. The van der Waals surface area contributed by atoms with Gasteiger partial charge in [-0.25, -0.2) is 0 Å². The van der Waals surface area contributed by atoms with Crippen LogP contribution in [0.3, 0.4) is 0 Å². The van der Waals surface area contributed by atoms with Gasteiger partial charge in [0.25, 0.3) is 0 Å². The summed E-state index contributed by atoms with van der Waals surface area (Å²) >= 11 is 0. The molecular formula is C46H31N3. The fourth-order valence-electron chi connectivity index (χ4n) is 8.02. The van der Waals surface area contributed by atoms with E-state index in [0.29, 0.717) is 0 Å². The lowest BCUT2D eigenvalue weighted by Crippen LogP contribution is -2.01. The molecule has 0 bridgehead atoms. The van der Waals surface area contributed by atoms with Crippen LogP contribution in [0.15, 0.2) is 176 Å². The quantitative estimate of drug-likeness (QED) is 0.181. The van der Waals surface area contributed by atoms with Crippen molar-refractivity contribution >= 4 is 60.6 Å². The summed E-state index contributed by atoms with van der Waals surface area (Å²) in [5, 5.41) is 6.14. The normalized spacial score (nSPS) is 11.8. The van der Waals surface area contributed by atoms with Crippen molar-refractivity contribution in [2.24, 2.45) is 0 Å². The van der Waals surface area contributed by atoms with Gasteiger partial charge in [-0.1, -0.05) is 122 Å². The van der Waals surface area contributed by atoms with Crippen molar-refractivity contribution in [2.75, 3.05) is 0 Å². The molecule has 10 aromatic rings. The molecular weight excluding hydrogens is 595 g/mol. The predicted octanol–water partition coefficient (Wildman–Crippen LogP) is 12.1. The molecule has 0 aliphatic carbocycles. The van der Waals surface area contributed by atoms with Gasteiger partial charge in [0.1, 0.15) is 0 Å². The zero-order valence-corrected chi connectivity index (χ0v) is 26.8. The molecule has 3 heterocycles. The largest absolute Gasteiger partial charge is 0.309 e. The zero-order valence-electron chi connectivity index (χ0n) is 26.8. The second-order valence-electron chi connectivity index (χ2n) is 12.6. The Labute approximate surface area is 283 Å². The third-order valence-corrected chi connectivity index (χ3v) is 10.0. The Morgan fingerprint density at radius 2 is 0.816 bits per heavy atom. The molecule has 0 saturated heterocycles. The van der Waals surface area contributed by atoms with Gasteiger partial charge >= 0.3 is 0 Å². The van der Waals surface area contributed by atoms with E-state index in [-0.39, 0.29) is 0 Å². The Bertz CT molecular complexity index is 2860. The molecule has 0 unspecified atom stereocenters. The molecule has 3 nitrogen and oxygen atoms in total. The minimum atomic E-state index is 1.08. The van der Waals surface area contributed by atoms with E-state index < -0.39 is 0 Å². The third kappa shape index (κ3) is 3.96. The van der Waals surface area contributed by atoms with Gasteiger partial charge < -0.3 is 13.7 Å². The highest BCUT2D eigenvalue weighted by atomic mass is 15.0. The van der Waals surface area contributed by atoms with Crippen LogP contribution < -0.4 is 0 Å². The molecule has 0 spiro atoms. The fraction of sp³-hybridized carbons (Fsp3) is 0. The standard InChI is InChI=1S/C46H31N3/c1-2-32-30-31-16-3-9-22-38(31)47(32)44-28-15-29-45-46(44)37-21-8-14-27-43(37)49(45)42-26-13-7-20-36(42)35-19-6-12-25-41(35)48-39-23-10-4-17-33(39)34-18-5-11-24-40(34)48/h2-30H,1H2. The second kappa shape index (κ2) is 10.7. The number of nitrogens with zero attached hydrogens (tertiary/aromatic N) is 3. The third-order valence-electron chi connectivity index (χ3n) is 10.0. The van der Waals surface area contributed by atoms with Crippen LogP contribution >= 0.6 is 0 Å². The van der Waals surface area contributed by atoms with Crippen molar-refractivity contribution in [3.63, 3.8) is 0 Å². The number of hydrogen-bond acceptors (Lipinski definition) is 0. The first-order valence-corrected chi connectivity index (χ1v) is 16.7. The van der Waals surface area contributed by atoms with Gasteiger partial charge in [-0.2, -0.15) is 0 Å². The lowest BCUT2D eigenvalue weighted by molar-refractivity contribution is 1.12. The molecule has 0 atom stereocenters. The number of benzene rings is 7. The number of para-hydroxylation sites is 6. The Morgan fingerprint density at radius 3 is 1.45 bits per heavy atom. The topological polar surface area (TPSA) is 14.8 Å². The van der Waals surface area contributed by atoms with Crippen LogP contribution in [0.25, 0.3) is 88.8 Å². The fourth-order valence-corrected chi connectivity index (χ4v) is 8.02. The summed E-state index contributed by atoms with van der Waals surface area (Å²) in [5.74, 6) is 0. The van der Waals surface area contributed by atoms with Crippen LogP contribution in [-0.2, 0) is 0 Å². The van der Waals surface area contributed by atoms with Gasteiger partial charge in [0.05, 0.1) is 44.6 Å². The number of aromatic nitrogens is 3. The van der Waals surface area contributed by atoms with Gasteiger partial charge in [-0.3, -0.25) is 0 Å². The molecule has 49 heavy (non-hydrogen) atoms. The van der Waals surface area contributed by atoms with Crippen LogP contribution in [0.4, 0.5) is 0 Å². The Morgan fingerprint density at radius 1 is 0.367 bits per heavy atom. The molecule has 0 amide bonds. The van der Waals surface area contributed by atoms with Crippen molar-refractivity contribution in [1.29, 1.82) is 0 Å². The van der Waals surface area contributed by atoms with Crippen molar-refractivity contribution < 1.29 is 0 Å². The summed E-state index contributed by atoms with van der Waals surface area (Å²) in [6.07, 6.45) is 1.96. The molecule has 0 saturated carbocycles. The van der Waals surface area contributed by atoms with Crippen LogP contribution in [0.5, 0.6) is 0 Å². The highest BCUT2D eigenvalue weighted by Gasteiger charge is 2.22. The SMILES string of the molecule is C=Cc1cc2ccccc2n1-c1cccc2c1c1ccccc1n2-c1ccccc1-c1ccccc1-n1c2ccccc2c2ccccc21. The minimum Gasteiger partial charge on any atom is -0.309 e. The number of rotatable bonds is 5. The van der Waals surface area contributed by atoms with Crippen LogP contribution in [0, 0.1) is 0 Å². The Kier molecular flexibility index (Phi) is 6.03. The first kappa shape index (κ1) is 27.5. The molecule has 0 aliphatic heterocycles. The molecule has 10 rings (SSSR count). The van der Waals surface area contributed by atoms with Gasteiger partial charge in [-0.05, 0) is 60.7 Å². The Hall–Kier alpha value is -6.58. The average Bonchev–Trinajstić information content (AvgIpc) is 3.82. The predicted molar refractivity (Wildman–Crippen MR) is 207 cm³/mol. The summed E-state index contributed by atoms with van der Waals surface area (Å²) in [4.78, 5) is 0. The van der Waals surface area contributed by atoms with E-state index in [1.54, 1.807) is 0 Å². The maximum absolute atomic E-state index is 4.19. The molecule has 3 heteroatoms. The van der Waals surface area contributed by atoms with Crippen molar-refractivity contribution in [3.05, 3.63) is 182 Å². The maximum atomic E-state index is 4.19. The van der Waals surface area contributed by atoms with E-state index in [2.05, 4.69) is 190 Å². The van der Waals surface area contributed by atoms with E-state index in [9.17, 15) is 0 Å². The van der Waals surface area contributed by atoms with Gasteiger partial charge in [0, 0.05) is 43.8 Å². The van der Waals surface area contributed by atoms with Crippen molar-refractivity contribution in [2.45, 2.75) is 0 Å². The molecule has 7 aromatic carbocycles. The molecule has 0 fully saturated rings. The highest BCUT2D eigenvalue weighted by Crippen LogP contribution is 2.42. The van der Waals surface area contributed by atoms with Gasteiger partial charge in [0.15, 0.2) is 0 Å². The minimum absolute atomic E-state index is 1.08. The summed E-state index contributed by atoms with van der Waals surface area (Å²) in [7, 11) is 0. The first-order valence-electron chi connectivity index (χ1n) is 16.7. The smallest absolute Gasteiger partial charge is 0.0562 e. The monoisotopic (exact) mass is 625 g/mol. The van der Waals surface area contributed by atoms with Gasteiger partial charge in [-0.15, -0.1) is 0 Å². The van der Waals surface area contributed by atoms with E-state index in [1.807, 2.05) is 6.08 Å². The molecule has 230 valence electrons. The van der Waals surface area contributed by atoms with Gasteiger partial charge in [0.2, 0.25) is 0 Å². The lowest BCUT2D eigenvalue weighted by Gasteiger charge is -2.18. The van der Waals surface area contributed by atoms with Crippen molar-refractivity contribution in [1.82, 2.24) is 13.7 Å². The molecule has 0 N–H and O–H groups in total. The maximum Gasteiger partial charge on any atom is 0.0562 e. The van der Waals surface area contributed by atoms with Crippen LogP contribution in [-0.4, -0.2) is 13.7 Å². The molecule has 3 aromatic heterocycles. The molecule has 0 radical (unpaired) electrons. The van der Waals surface area contributed by atoms with E-state index >= 15 is 0 Å². The summed E-state index contributed by atoms with van der Waals surface area (Å²) in [6.45, 7) is 4.19.